The van der Waals surface area contributed by atoms with E-state index < -0.39 is 23.0 Å². The van der Waals surface area contributed by atoms with Crippen molar-refractivity contribution in [3.63, 3.8) is 0 Å². The zero-order valence-corrected chi connectivity index (χ0v) is 24.5. The summed E-state index contributed by atoms with van der Waals surface area (Å²) in [7, 11) is 2.74. The molecule has 0 atom stereocenters. The van der Waals surface area contributed by atoms with Crippen molar-refractivity contribution in [3.8, 4) is 34.1 Å². The second kappa shape index (κ2) is 11.1. The van der Waals surface area contributed by atoms with E-state index in [-0.39, 0.29) is 22.8 Å². The molecule has 0 aliphatic carbocycles. The van der Waals surface area contributed by atoms with E-state index in [0.29, 0.717) is 52.1 Å². The molecule has 0 unspecified atom stereocenters. The Bertz CT molecular complexity index is 1830. The van der Waals surface area contributed by atoms with Gasteiger partial charge in [0.15, 0.2) is 11.6 Å². The Morgan fingerprint density at radius 2 is 1.79 bits per heavy atom. The average molecular weight is 594 g/mol. The first kappa shape index (κ1) is 29.0. The normalized spacial score (nSPS) is 11.7. The molecule has 42 heavy (non-hydrogen) atoms. The number of carbonyl (C=O) groups is 1. The number of benzene rings is 3. The van der Waals surface area contributed by atoms with Gasteiger partial charge in [-0.15, -0.1) is 0 Å². The van der Waals surface area contributed by atoms with Gasteiger partial charge in [0.1, 0.15) is 33.7 Å². The summed E-state index contributed by atoms with van der Waals surface area (Å²) in [5, 5.41) is 22.1. The maximum absolute atomic E-state index is 14.9. The first-order chi connectivity index (χ1) is 19.9. The Morgan fingerprint density at radius 1 is 1.05 bits per heavy atom. The quantitative estimate of drug-likeness (QED) is 0.188. The highest BCUT2D eigenvalue weighted by atomic mass is 32.1. The van der Waals surface area contributed by atoms with E-state index in [2.05, 4.69) is 9.36 Å². The van der Waals surface area contributed by atoms with Crippen LogP contribution in [0.4, 0.5) is 8.78 Å². The first-order valence-electron chi connectivity index (χ1n) is 13.1. The van der Waals surface area contributed by atoms with Crippen molar-refractivity contribution in [3.05, 3.63) is 82.3 Å². The molecule has 3 aromatic carbocycles. The largest absolute Gasteiger partial charge is 0.507 e. The number of phenolic OH excluding ortho intramolecular Hbond substituents is 1. The predicted molar refractivity (Wildman–Crippen MR) is 156 cm³/mol. The maximum atomic E-state index is 14.9. The van der Waals surface area contributed by atoms with Crippen molar-refractivity contribution < 1.29 is 33.3 Å². The number of methoxy groups -OCH3 is 2. The topological polar surface area (TPSA) is 107 Å². The average Bonchev–Trinajstić information content (AvgIpc) is 3.53. The molecule has 8 nitrogen and oxygen atoms in total. The zero-order chi connectivity index (χ0) is 30.3. The predicted octanol–water partition coefficient (Wildman–Crippen LogP) is 7.07. The number of aromatic carboxylic acids is 1. The number of ether oxygens (including phenoxy) is 2. The number of carboxylic acid groups (broad SMARTS) is 1. The summed E-state index contributed by atoms with van der Waals surface area (Å²) in [5.74, 6) is -1.87. The lowest BCUT2D eigenvalue weighted by atomic mass is 9.80. The summed E-state index contributed by atoms with van der Waals surface area (Å²) in [4.78, 5) is 16.3. The molecule has 0 fully saturated rings. The molecule has 5 aromatic rings. The van der Waals surface area contributed by atoms with Gasteiger partial charge in [-0.25, -0.2) is 18.6 Å². The highest BCUT2D eigenvalue weighted by Gasteiger charge is 2.34. The van der Waals surface area contributed by atoms with E-state index in [4.69, 9.17) is 9.47 Å². The number of fused-ring (bicyclic) bond motifs is 1. The van der Waals surface area contributed by atoms with Crippen LogP contribution in [0.2, 0.25) is 0 Å². The summed E-state index contributed by atoms with van der Waals surface area (Å²) >= 11 is 1.32. The Labute approximate surface area is 245 Å². The van der Waals surface area contributed by atoms with Crippen LogP contribution in [0.15, 0.2) is 48.5 Å². The van der Waals surface area contributed by atoms with Gasteiger partial charge in [-0.1, -0.05) is 19.9 Å². The molecule has 2 heterocycles. The molecule has 2 aromatic heterocycles. The number of carboxylic acids is 1. The molecule has 218 valence electrons. The van der Waals surface area contributed by atoms with E-state index in [0.717, 1.165) is 11.1 Å². The molecular formula is C31H29F2N3O5S. The van der Waals surface area contributed by atoms with Gasteiger partial charge in [-0.2, -0.15) is 4.37 Å². The van der Waals surface area contributed by atoms with Gasteiger partial charge in [0.25, 0.3) is 0 Å². The fourth-order valence-corrected chi connectivity index (χ4v) is 5.99. The van der Waals surface area contributed by atoms with Crippen molar-refractivity contribution in [2.45, 2.75) is 39.0 Å². The highest BCUT2D eigenvalue weighted by molar-refractivity contribution is 7.05. The number of hydrogen-bond donors (Lipinski definition) is 2. The minimum Gasteiger partial charge on any atom is -0.507 e. The molecule has 11 heteroatoms. The van der Waals surface area contributed by atoms with Crippen molar-refractivity contribution in [1.29, 1.82) is 0 Å². The molecule has 0 spiro atoms. The molecule has 0 saturated heterocycles. The Kier molecular flexibility index (Phi) is 7.63. The Balaban J connectivity index is 1.88. The summed E-state index contributed by atoms with van der Waals surface area (Å²) in [6.07, 6.45) is 1.17. The minimum absolute atomic E-state index is 0.00269. The summed E-state index contributed by atoms with van der Waals surface area (Å²) in [6.45, 7) is 5.87. The van der Waals surface area contributed by atoms with E-state index in [1.54, 1.807) is 22.8 Å². The third kappa shape index (κ3) is 5.16. The number of aromatic nitrogens is 3. The molecule has 0 aliphatic rings. The van der Waals surface area contributed by atoms with Crippen molar-refractivity contribution in [2.24, 2.45) is 0 Å². The standard InChI is InChI=1S/C31H29F2N3O5S/c1-16-34-26(42-35-16)10-11-31(2,3)29-27(17-6-8-20(30(38)39)24(12-17)40-4)28-22(13-18(32)14-23(28)37)36(29)19-7-9-21(33)25(15-19)41-5/h6-9,12-15,37H,10-11H2,1-5H3,(H,38,39). The lowest BCUT2D eigenvalue weighted by Crippen LogP contribution is -2.23. The smallest absolute Gasteiger partial charge is 0.339 e. The summed E-state index contributed by atoms with van der Waals surface area (Å²) in [5.41, 5.74) is 1.92. The van der Waals surface area contributed by atoms with Gasteiger partial charge in [0.2, 0.25) is 0 Å². The van der Waals surface area contributed by atoms with Crippen LogP contribution < -0.4 is 9.47 Å². The SMILES string of the molecule is COc1cc(-n2c(C(C)(C)CCc3nc(C)ns3)c(-c3ccc(C(=O)O)c(OC)c3)c3c(O)cc(F)cc32)ccc1F. The van der Waals surface area contributed by atoms with Crippen LogP contribution in [-0.2, 0) is 11.8 Å². The van der Waals surface area contributed by atoms with Crippen LogP contribution in [0.3, 0.4) is 0 Å². The Morgan fingerprint density at radius 3 is 2.43 bits per heavy atom. The van der Waals surface area contributed by atoms with Gasteiger partial charge < -0.3 is 24.3 Å². The van der Waals surface area contributed by atoms with Gasteiger partial charge >= 0.3 is 5.97 Å². The third-order valence-electron chi connectivity index (χ3n) is 7.30. The van der Waals surface area contributed by atoms with Gasteiger partial charge in [0.05, 0.1) is 25.1 Å². The molecule has 0 radical (unpaired) electrons. The molecule has 0 saturated carbocycles. The van der Waals surface area contributed by atoms with Crippen LogP contribution in [-0.4, -0.2) is 44.3 Å². The van der Waals surface area contributed by atoms with Gasteiger partial charge in [-0.3, -0.25) is 0 Å². The monoisotopic (exact) mass is 593 g/mol. The lowest BCUT2D eigenvalue weighted by molar-refractivity contribution is 0.0693. The minimum atomic E-state index is -1.16. The molecule has 0 aliphatic heterocycles. The van der Waals surface area contributed by atoms with Gasteiger partial charge in [0, 0.05) is 40.9 Å². The number of rotatable bonds is 9. The highest BCUT2D eigenvalue weighted by Crippen LogP contribution is 2.48. The van der Waals surface area contributed by atoms with Crippen molar-refractivity contribution in [1.82, 2.24) is 13.9 Å². The van der Waals surface area contributed by atoms with Crippen molar-refractivity contribution in [2.75, 3.05) is 14.2 Å². The van der Waals surface area contributed by atoms with Crippen LogP contribution in [0.25, 0.3) is 27.7 Å². The maximum Gasteiger partial charge on any atom is 0.339 e. The number of hydrogen-bond acceptors (Lipinski definition) is 7. The van der Waals surface area contributed by atoms with Crippen LogP contribution in [0, 0.1) is 18.6 Å². The van der Waals surface area contributed by atoms with Crippen molar-refractivity contribution >= 4 is 28.4 Å². The molecular weight excluding hydrogens is 564 g/mol. The summed E-state index contributed by atoms with van der Waals surface area (Å²) < 4.78 is 46.2. The second-order valence-corrected chi connectivity index (χ2v) is 11.4. The van der Waals surface area contributed by atoms with E-state index in [1.165, 1.54) is 50.0 Å². The van der Waals surface area contributed by atoms with Gasteiger partial charge in [-0.05, 0) is 60.8 Å². The number of nitrogens with zero attached hydrogens (tertiary/aromatic N) is 3. The molecule has 0 bridgehead atoms. The zero-order valence-electron chi connectivity index (χ0n) is 23.7. The molecule has 0 amide bonds. The fourth-order valence-electron chi connectivity index (χ4n) is 5.34. The van der Waals surface area contributed by atoms with Crippen LogP contribution in [0.5, 0.6) is 17.2 Å². The summed E-state index contributed by atoms with van der Waals surface area (Å²) in [6, 6.07) is 11.3. The van der Waals surface area contributed by atoms with E-state index in [9.17, 15) is 23.8 Å². The number of aryl methyl sites for hydroxylation is 2. The number of phenols is 1. The van der Waals surface area contributed by atoms with E-state index in [1.807, 2.05) is 20.8 Å². The molecule has 5 rings (SSSR count). The van der Waals surface area contributed by atoms with Crippen LogP contribution in [0.1, 0.15) is 47.2 Å². The lowest BCUT2D eigenvalue weighted by Gasteiger charge is -2.29. The second-order valence-electron chi connectivity index (χ2n) is 10.5. The third-order valence-corrected chi connectivity index (χ3v) is 8.16. The van der Waals surface area contributed by atoms with E-state index >= 15 is 0 Å². The first-order valence-corrected chi connectivity index (χ1v) is 13.8. The number of aromatic hydroxyl groups is 1. The van der Waals surface area contributed by atoms with Crippen LogP contribution >= 0.6 is 11.5 Å². The fraction of sp³-hybridized carbons (Fsp3) is 0.258. The number of halogens is 2. The Hall–Kier alpha value is -4.51. The molecule has 2 N–H and O–H groups in total.